The number of para-hydroxylation sites is 1. The smallest absolute Gasteiger partial charge is 0.317 e. The Morgan fingerprint density at radius 2 is 2.12 bits per heavy atom. The van der Waals surface area contributed by atoms with Crippen molar-refractivity contribution < 1.29 is 9.53 Å². The van der Waals surface area contributed by atoms with Crippen LogP contribution in [0.1, 0.15) is 12.5 Å². The molecular weight excluding hydrogens is 204 g/mol. The Kier molecular flexibility index (Phi) is 4.64. The highest BCUT2D eigenvalue weighted by atomic mass is 16.5. The Morgan fingerprint density at radius 3 is 2.75 bits per heavy atom. The van der Waals surface area contributed by atoms with Crippen LogP contribution in [0.2, 0.25) is 0 Å². The molecule has 1 N–H and O–H groups in total. The lowest BCUT2D eigenvalue weighted by Gasteiger charge is -2.18. The molecule has 0 saturated heterocycles. The van der Waals surface area contributed by atoms with Crippen LogP contribution >= 0.6 is 0 Å². The number of nitrogens with one attached hydrogen (secondary N) is 1. The van der Waals surface area contributed by atoms with Gasteiger partial charge in [-0.15, -0.1) is 0 Å². The van der Waals surface area contributed by atoms with E-state index in [9.17, 15) is 4.79 Å². The highest BCUT2D eigenvalue weighted by Gasteiger charge is 2.10. The zero-order valence-corrected chi connectivity index (χ0v) is 9.99. The molecule has 0 bridgehead atoms. The molecular formula is C12H18N2O2. The Morgan fingerprint density at radius 1 is 1.44 bits per heavy atom. The Bertz CT molecular complexity index is 353. The summed E-state index contributed by atoms with van der Waals surface area (Å²) in [6, 6.07) is 7.61. The topological polar surface area (TPSA) is 41.6 Å². The van der Waals surface area contributed by atoms with E-state index in [0.29, 0.717) is 13.1 Å². The van der Waals surface area contributed by atoms with Crippen molar-refractivity contribution >= 4 is 6.03 Å². The summed E-state index contributed by atoms with van der Waals surface area (Å²) in [4.78, 5) is 13.1. The fraction of sp³-hybridized carbons (Fsp3) is 0.417. The van der Waals surface area contributed by atoms with Gasteiger partial charge in [-0.2, -0.15) is 0 Å². The Labute approximate surface area is 96.2 Å². The summed E-state index contributed by atoms with van der Waals surface area (Å²) in [5.74, 6) is 0.804. The van der Waals surface area contributed by atoms with Crippen molar-refractivity contribution in [2.45, 2.75) is 13.5 Å². The fourth-order valence-corrected chi connectivity index (χ4v) is 1.45. The summed E-state index contributed by atoms with van der Waals surface area (Å²) in [5, 5.41) is 2.75. The predicted molar refractivity (Wildman–Crippen MR) is 63.5 cm³/mol. The van der Waals surface area contributed by atoms with Crippen LogP contribution in [0.4, 0.5) is 4.79 Å². The lowest BCUT2D eigenvalue weighted by Crippen LogP contribution is -2.36. The Hall–Kier alpha value is -1.71. The van der Waals surface area contributed by atoms with Crippen LogP contribution in [-0.4, -0.2) is 31.6 Å². The third kappa shape index (κ3) is 3.15. The standard InChI is InChI=1S/C12H18N2O2/c1-4-13-12(15)14(2)9-10-7-5-6-8-11(10)16-3/h5-8H,4,9H2,1-3H3,(H,13,15). The molecule has 0 spiro atoms. The maximum absolute atomic E-state index is 11.5. The summed E-state index contributed by atoms with van der Waals surface area (Å²) in [7, 11) is 3.39. The minimum Gasteiger partial charge on any atom is -0.496 e. The molecule has 1 rings (SSSR count). The number of rotatable bonds is 4. The number of carbonyl (C=O) groups excluding carboxylic acids is 1. The van der Waals surface area contributed by atoms with E-state index in [1.54, 1.807) is 19.1 Å². The molecule has 0 aliphatic heterocycles. The third-order valence-electron chi connectivity index (χ3n) is 2.27. The molecule has 88 valence electrons. The highest BCUT2D eigenvalue weighted by Crippen LogP contribution is 2.18. The third-order valence-corrected chi connectivity index (χ3v) is 2.27. The molecule has 0 heterocycles. The largest absolute Gasteiger partial charge is 0.496 e. The van der Waals surface area contributed by atoms with E-state index in [-0.39, 0.29) is 6.03 Å². The number of carbonyl (C=O) groups is 1. The second kappa shape index (κ2) is 6.00. The molecule has 0 saturated carbocycles. The zero-order valence-electron chi connectivity index (χ0n) is 9.99. The van der Waals surface area contributed by atoms with Crippen LogP contribution < -0.4 is 10.1 Å². The number of methoxy groups -OCH3 is 1. The first kappa shape index (κ1) is 12.4. The molecule has 1 aromatic rings. The maximum atomic E-state index is 11.5. The summed E-state index contributed by atoms with van der Waals surface area (Å²) < 4.78 is 5.23. The molecule has 2 amide bonds. The molecule has 4 heteroatoms. The molecule has 0 atom stereocenters. The van der Waals surface area contributed by atoms with Gasteiger partial charge < -0.3 is 15.0 Å². The van der Waals surface area contributed by atoms with E-state index in [4.69, 9.17) is 4.74 Å². The van der Waals surface area contributed by atoms with Crippen molar-refractivity contribution in [2.24, 2.45) is 0 Å². The number of amides is 2. The fourth-order valence-electron chi connectivity index (χ4n) is 1.45. The quantitative estimate of drug-likeness (QED) is 0.844. The average molecular weight is 222 g/mol. The number of nitrogens with zero attached hydrogens (tertiary/aromatic N) is 1. The number of urea groups is 1. The minimum absolute atomic E-state index is 0.0755. The van der Waals surface area contributed by atoms with Gasteiger partial charge in [-0.05, 0) is 13.0 Å². The summed E-state index contributed by atoms with van der Waals surface area (Å²) in [6.45, 7) is 3.07. The van der Waals surface area contributed by atoms with Gasteiger partial charge in [0.15, 0.2) is 0 Å². The first-order chi connectivity index (χ1) is 7.69. The van der Waals surface area contributed by atoms with Crippen LogP contribution in [-0.2, 0) is 6.54 Å². The molecule has 0 unspecified atom stereocenters. The van der Waals surface area contributed by atoms with Crippen molar-refractivity contribution in [2.75, 3.05) is 20.7 Å². The predicted octanol–water partition coefficient (Wildman–Crippen LogP) is 1.86. The van der Waals surface area contributed by atoms with E-state index in [1.165, 1.54) is 0 Å². The van der Waals surface area contributed by atoms with Gasteiger partial charge in [0.05, 0.1) is 13.7 Å². The van der Waals surface area contributed by atoms with Crippen LogP contribution in [0, 0.1) is 0 Å². The molecule has 0 aliphatic rings. The van der Waals surface area contributed by atoms with Gasteiger partial charge in [-0.3, -0.25) is 0 Å². The first-order valence-electron chi connectivity index (χ1n) is 5.30. The normalized spacial score (nSPS) is 9.69. The van der Waals surface area contributed by atoms with Crippen LogP contribution in [0.15, 0.2) is 24.3 Å². The second-order valence-corrected chi connectivity index (χ2v) is 3.50. The molecule has 0 fully saturated rings. The number of hydrogen-bond donors (Lipinski definition) is 1. The minimum atomic E-state index is -0.0755. The second-order valence-electron chi connectivity index (χ2n) is 3.50. The van der Waals surface area contributed by atoms with Crippen molar-refractivity contribution in [1.82, 2.24) is 10.2 Å². The molecule has 0 aromatic heterocycles. The SMILES string of the molecule is CCNC(=O)N(C)Cc1ccccc1OC. The van der Waals surface area contributed by atoms with Crippen LogP contribution in [0.25, 0.3) is 0 Å². The first-order valence-corrected chi connectivity index (χ1v) is 5.30. The average Bonchev–Trinajstić information content (AvgIpc) is 2.30. The van der Waals surface area contributed by atoms with Gasteiger partial charge in [0.25, 0.3) is 0 Å². The van der Waals surface area contributed by atoms with Crippen molar-refractivity contribution in [3.63, 3.8) is 0 Å². The zero-order chi connectivity index (χ0) is 12.0. The van der Waals surface area contributed by atoms with Gasteiger partial charge in [-0.1, -0.05) is 18.2 Å². The number of hydrogen-bond acceptors (Lipinski definition) is 2. The van der Waals surface area contributed by atoms with Crippen LogP contribution in [0.3, 0.4) is 0 Å². The molecule has 0 aliphatic carbocycles. The van der Waals surface area contributed by atoms with Gasteiger partial charge in [0.2, 0.25) is 0 Å². The monoisotopic (exact) mass is 222 g/mol. The van der Waals surface area contributed by atoms with Gasteiger partial charge >= 0.3 is 6.03 Å². The molecule has 1 aromatic carbocycles. The van der Waals surface area contributed by atoms with Gasteiger partial charge in [-0.25, -0.2) is 4.79 Å². The molecule has 4 nitrogen and oxygen atoms in total. The summed E-state index contributed by atoms with van der Waals surface area (Å²) >= 11 is 0. The van der Waals surface area contributed by atoms with Crippen LogP contribution in [0.5, 0.6) is 5.75 Å². The van der Waals surface area contributed by atoms with E-state index in [0.717, 1.165) is 11.3 Å². The van der Waals surface area contributed by atoms with Gasteiger partial charge in [0.1, 0.15) is 5.75 Å². The van der Waals surface area contributed by atoms with Crippen molar-refractivity contribution in [3.8, 4) is 5.75 Å². The van der Waals surface area contributed by atoms with E-state index >= 15 is 0 Å². The van der Waals surface area contributed by atoms with Crippen molar-refractivity contribution in [1.29, 1.82) is 0 Å². The van der Waals surface area contributed by atoms with E-state index < -0.39 is 0 Å². The molecule has 16 heavy (non-hydrogen) atoms. The van der Waals surface area contributed by atoms with E-state index in [1.807, 2.05) is 31.2 Å². The lowest BCUT2D eigenvalue weighted by atomic mass is 10.2. The van der Waals surface area contributed by atoms with E-state index in [2.05, 4.69) is 5.32 Å². The maximum Gasteiger partial charge on any atom is 0.317 e. The Balaban J connectivity index is 2.68. The summed E-state index contributed by atoms with van der Waals surface area (Å²) in [6.07, 6.45) is 0. The lowest BCUT2D eigenvalue weighted by molar-refractivity contribution is 0.207. The summed E-state index contributed by atoms with van der Waals surface area (Å²) in [5.41, 5.74) is 0.999. The van der Waals surface area contributed by atoms with Crippen molar-refractivity contribution in [3.05, 3.63) is 29.8 Å². The molecule has 0 radical (unpaired) electrons. The number of ether oxygens (including phenoxy) is 1. The van der Waals surface area contributed by atoms with Gasteiger partial charge in [0, 0.05) is 19.2 Å². The number of benzene rings is 1. The highest BCUT2D eigenvalue weighted by molar-refractivity contribution is 5.73.